The van der Waals surface area contributed by atoms with E-state index in [2.05, 4.69) is 48.3 Å². The molecule has 0 aliphatic heterocycles. The molecular weight excluding hydrogens is 210 g/mol. The molecule has 1 aromatic rings. The predicted octanol–water partition coefficient (Wildman–Crippen LogP) is 2.78. The van der Waals surface area contributed by atoms with Gasteiger partial charge in [0.1, 0.15) is 0 Å². The smallest absolute Gasteiger partial charge is 0.0628 e. The van der Waals surface area contributed by atoms with Crippen LogP contribution in [0.2, 0.25) is 0 Å². The fourth-order valence-corrected chi connectivity index (χ4v) is 2.87. The van der Waals surface area contributed by atoms with Crippen LogP contribution < -0.4 is 5.32 Å². The zero-order valence-corrected chi connectivity index (χ0v) is 11.3. The number of nitrogens with zero attached hydrogens (tertiary/aromatic N) is 2. The Labute approximate surface area is 105 Å². The number of rotatable bonds is 4. The van der Waals surface area contributed by atoms with Crippen molar-refractivity contribution < 1.29 is 0 Å². The van der Waals surface area contributed by atoms with Crippen LogP contribution in [-0.4, -0.2) is 22.9 Å². The fourth-order valence-electron chi connectivity index (χ4n) is 2.87. The second-order valence-corrected chi connectivity index (χ2v) is 5.52. The minimum Gasteiger partial charge on any atom is -0.317 e. The highest BCUT2D eigenvalue weighted by Gasteiger charge is 2.24. The molecule has 0 amide bonds. The Morgan fingerprint density at radius 1 is 1.41 bits per heavy atom. The van der Waals surface area contributed by atoms with Crippen LogP contribution in [0.4, 0.5) is 0 Å². The predicted molar refractivity (Wildman–Crippen MR) is 71.1 cm³/mol. The maximum absolute atomic E-state index is 4.66. The average Bonchev–Trinajstić information content (AvgIpc) is 2.78. The van der Waals surface area contributed by atoms with Crippen molar-refractivity contribution in [3.63, 3.8) is 0 Å². The molecule has 0 aromatic carbocycles. The highest BCUT2D eigenvalue weighted by molar-refractivity contribution is 5.02. The Hall–Kier alpha value is -0.830. The van der Waals surface area contributed by atoms with Gasteiger partial charge in [0.2, 0.25) is 0 Å². The van der Waals surface area contributed by atoms with Crippen molar-refractivity contribution in [1.82, 2.24) is 15.1 Å². The van der Waals surface area contributed by atoms with Crippen molar-refractivity contribution in [2.75, 3.05) is 7.05 Å². The largest absolute Gasteiger partial charge is 0.317 e. The molecule has 1 fully saturated rings. The third-order valence-electron chi connectivity index (χ3n) is 3.94. The van der Waals surface area contributed by atoms with Gasteiger partial charge in [-0.05, 0) is 52.1 Å². The molecule has 0 bridgehead atoms. The Morgan fingerprint density at radius 3 is 2.82 bits per heavy atom. The lowest BCUT2D eigenvalue weighted by atomic mass is 9.82. The first-order valence-corrected chi connectivity index (χ1v) is 6.92. The second-order valence-electron chi connectivity index (χ2n) is 5.52. The first-order chi connectivity index (χ1) is 8.20. The zero-order valence-electron chi connectivity index (χ0n) is 11.3. The summed E-state index contributed by atoms with van der Waals surface area (Å²) in [6.45, 7) is 4.35. The van der Waals surface area contributed by atoms with E-state index in [1.807, 2.05) is 0 Å². The van der Waals surface area contributed by atoms with E-state index in [-0.39, 0.29) is 0 Å². The molecule has 1 aromatic heterocycles. The summed E-state index contributed by atoms with van der Waals surface area (Å²) in [5, 5.41) is 8.13. The Balaban J connectivity index is 1.98. The van der Waals surface area contributed by atoms with Gasteiger partial charge in [0, 0.05) is 18.3 Å². The van der Waals surface area contributed by atoms with E-state index < -0.39 is 0 Å². The van der Waals surface area contributed by atoms with Gasteiger partial charge in [0.25, 0.3) is 0 Å². The Kier molecular flexibility index (Phi) is 4.21. The Morgan fingerprint density at radius 2 is 2.18 bits per heavy atom. The molecule has 1 saturated carbocycles. The summed E-state index contributed by atoms with van der Waals surface area (Å²) in [6, 6.07) is 3.34. The van der Waals surface area contributed by atoms with E-state index in [0.29, 0.717) is 12.1 Å². The molecule has 0 spiro atoms. The second kappa shape index (κ2) is 5.67. The van der Waals surface area contributed by atoms with Gasteiger partial charge < -0.3 is 5.32 Å². The number of hydrogen-bond acceptors (Lipinski definition) is 2. The molecular formula is C14H25N3. The van der Waals surface area contributed by atoms with Gasteiger partial charge in [0.05, 0.1) is 5.69 Å². The van der Waals surface area contributed by atoms with Crippen LogP contribution in [0, 0.1) is 5.92 Å². The monoisotopic (exact) mass is 235 g/mol. The fraction of sp³-hybridized carbons (Fsp3) is 0.786. The van der Waals surface area contributed by atoms with E-state index in [9.17, 15) is 0 Å². The SMILES string of the molecule is CNC1CCCCC1Cc1ccn(C(C)C)n1. The summed E-state index contributed by atoms with van der Waals surface area (Å²) in [7, 11) is 2.09. The van der Waals surface area contributed by atoms with Crippen LogP contribution in [0.1, 0.15) is 51.3 Å². The molecule has 2 atom stereocenters. The number of hydrogen-bond donors (Lipinski definition) is 1. The molecule has 1 aliphatic rings. The molecule has 2 unspecified atom stereocenters. The first kappa shape index (κ1) is 12.6. The minimum absolute atomic E-state index is 0.468. The summed E-state index contributed by atoms with van der Waals surface area (Å²) < 4.78 is 2.06. The van der Waals surface area contributed by atoms with Crippen LogP contribution in [0.5, 0.6) is 0 Å². The molecule has 3 heteroatoms. The normalized spacial score (nSPS) is 25.4. The summed E-state index contributed by atoms with van der Waals surface area (Å²) in [5.74, 6) is 0.768. The van der Waals surface area contributed by atoms with Crippen molar-refractivity contribution in [3.8, 4) is 0 Å². The lowest BCUT2D eigenvalue weighted by molar-refractivity contribution is 0.270. The van der Waals surface area contributed by atoms with Crippen LogP contribution in [0.3, 0.4) is 0 Å². The van der Waals surface area contributed by atoms with Crippen molar-refractivity contribution in [2.24, 2.45) is 5.92 Å². The lowest BCUT2D eigenvalue weighted by Crippen LogP contribution is -2.37. The van der Waals surface area contributed by atoms with Crippen molar-refractivity contribution in [2.45, 2.75) is 58.0 Å². The first-order valence-electron chi connectivity index (χ1n) is 6.92. The van der Waals surface area contributed by atoms with Crippen LogP contribution in [0.25, 0.3) is 0 Å². The van der Waals surface area contributed by atoms with Gasteiger partial charge in [-0.2, -0.15) is 5.10 Å². The summed E-state index contributed by atoms with van der Waals surface area (Å²) in [4.78, 5) is 0. The third kappa shape index (κ3) is 3.09. The van der Waals surface area contributed by atoms with Gasteiger partial charge >= 0.3 is 0 Å². The quantitative estimate of drug-likeness (QED) is 0.869. The summed E-state index contributed by atoms with van der Waals surface area (Å²) in [6.07, 6.45) is 8.67. The molecule has 1 N–H and O–H groups in total. The third-order valence-corrected chi connectivity index (χ3v) is 3.94. The zero-order chi connectivity index (χ0) is 12.3. The van der Waals surface area contributed by atoms with Crippen molar-refractivity contribution >= 4 is 0 Å². The molecule has 96 valence electrons. The van der Waals surface area contributed by atoms with Gasteiger partial charge in [-0.1, -0.05) is 12.8 Å². The van der Waals surface area contributed by atoms with E-state index in [1.165, 1.54) is 31.4 Å². The van der Waals surface area contributed by atoms with Crippen molar-refractivity contribution in [1.29, 1.82) is 0 Å². The molecule has 3 nitrogen and oxygen atoms in total. The average molecular weight is 235 g/mol. The van der Waals surface area contributed by atoms with Gasteiger partial charge in [-0.15, -0.1) is 0 Å². The maximum atomic E-state index is 4.66. The van der Waals surface area contributed by atoms with Gasteiger partial charge in [-0.25, -0.2) is 0 Å². The highest BCUT2D eigenvalue weighted by Crippen LogP contribution is 2.27. The highest BCUT2D eigenvalue weighted by atomic mass is 15.3. The van der Waals surface area contributed by atoms with E-state index in [4.69, 9.17) is 0 Å². The molecule has 2 rings (SSSR count). The summed E-state index contributed by atoms with van der Waals surface area (Å²) >= 11 is 0. The van der Waals surface area contributed by atoms with Crippen LogP contribution in [0.15, 0.2) is 12.3 Å². The molecule has 17 heavy (non-hydrogen) atoms. The summed E-state index contributed by atoms with van der Waals surface area (Å²) in [5.41, 5.74) is 1.26. The van der Waals surface area contributed by atoms with E-state index in [0.717, 1.165) is 12.3 Å². The topological polar surface area (TPSA) is 29.9 Å². The molecule has 0 radical (unpaired) electrons. The molecule has 1 heterocycles. The van der Waals surface area contributed by atoms with Crippen molar-refractivity contribution in [3.05, 3.63) is 18.0 Å². The van der Waals surface area contributed by atoms with E-state index in [1.54, 1.807) is 0 Å². The lowest BCUT2D eigenvalue weighted by Gasteiger charge is -2.30. The van der Waals surface area contributed by atoms with Gasteiger partial charge in [0.15, 0.2) is 0 Å². The van der Waals surface area contributed by atoms with Gasteiger partial charge in [-0.3, -0.25) is 4.68 Å². The Bertz CT molecular complexity index is 343. The maximum Gasteiger partial charge on any atom is 0.0628 e. The minimum atomic E-state index is 0.468. The molecule has 1 aliphatic carbocycles. The number of nitrogens with one attached hydrogen (secondary N) is 1. The standard InChI is InChI=1S/C14H25N3/c1-11(2)17-9-8-13(16-17)10-12-6-4-5-7-14(12)15-3/h8-9,11-12,14-15H,4-7,10H2,1-3H3. The molecule has 0 saturated heterocycles. The van der Waals surface area contributed by atoms with Crippen LogP contribution >= 0.6 is 0 Å². The number of aromatic nitrogens is 2. The van der Waals surface area contributed by atoms with E-state index >= 15 is 0 Å². The van der Waals surface area contributed by atoms with Crippen LogP contribution in [-0.2, 0) is 6.42 Å².